The van der Waals surface area contributed by atoms with E-state index in [9.17, 15) is 14.4 Å². The highest BCUT2D eigenvalue weighted by atomic mass is 16.5. The van der Waals surface area contributed by atoms with E-state index in [0.717, 1.165) is 17.8 Å². The van der Waals surface area contributed by atoms with Gasteiger partial charge < -0.3 is 39.0 Å². The molecule has 2 bridgehead atoms. The average molecular weight is 639 g/mol. The van der Waals surface area contributed by atoms with Crippen molar-refractivity contribution in [3.63, 3.8) is 0 Å². The first-order chi connectivity index (χ1) is 22.8. The van der Waals surface area contributed by atoms with Crippen LogP contribution in [-0.2, 0) is 6.54 Å². The highest BCUT2D eigenvalue weighted by Gasteiger charge is 2.35. The van der Waals surface area contributed by atoms with Crippen LogP contribution in [0.25, 0.3) is 0 Å². The van der Waals surface area contributed by atoms with Gasteiger partial charge in [0, 0.05) is 54.1 Å². The van der Waals surface area contributed by atoms with E-state index in [1.54, 1.807) is 54.6 Å². The van der Waals surface area contributed by atoms with Gasteiger partial charge in [0.15, 0.2) is 11.5 Å². The molecule has 11 nitrogen and oxygen atoms in total. The predicted octanol–water partition coefficient (Wildman–Crippen LogP) is 5.40. The van der Waals surface area contributed by atoms with Gasteiger partial charge in [-0.1, -0.05) is 6.07 Å². The van der Waals surface area contributed by atoms with Gasteiger partial charge in [-0.2, -0.15) is 0 Å². The molecule has 244 valence electrons. The van der Waals surface area contributed by atoms with Gasteiger partial charge in [-0.15, -0.1) is 0 Å². The molecule has 6 rings (SSSR count). The number of carbonyl (C=O) groups is 2. The second kappa shape index (κ2) is 13.5. The van der Waals surface area contributed by atoms with E-state index in [1.807, 2.05) is 29.7 Å². The van der Waals surface area contributed by atoms with Crippen molar-refractivity contribution in [3.8, 4) is 23.0 Å². The Kier molecular flexibility index (Phi) is 9.05. The first-order valence-electron chi connectivity index (χ1n) is 15.6. The third kappa shape index (κ3) is 6.46. The van der Waals surface area contributed by atoms with E-state index in [4.69, 9.17) is 18.9 Å². The van der Waals surface area contributed by atoms with Crippen molar-refractivity contribution in [1.82, 2.24) is 4.57 Å². The van der Waals surface area contributed by atoms with E-state index in [1.165, 1.54) is 21.3 Å². The Bertz CT molecular complexity index is 1830. The molecule has 1 fully saturated rings. The van der Waals surface area contributed by atoms with Crippen LogP contribution >= 0.6 is 0 Å². The number of ether oxygens (including phenoxy) is 4. The topological polar surface area (TPSA) is 120 Å². The van der Waals surface area contributed by atoms with Crippen molar-refractivity contribution in [3.05, 3.63) is 100.0 Å². The Labute approximate surface area is 273 Å². The molecule has 0 spiro atoms. The smallest absolute Gasteiger partial charge is 0.255 e. The lowest BCUT2D eigenvalue weighted by Gasteiger charge is -2.44. The lowest BCUT2D eigenvalue weighted by atomic mass is 9.83. The van der Waals surface area contributed by atoms with Crippen LogP contribution < -0.4 is 40.0 Å². The van der Waals surface area contributed by atoms with Crippen LogP contribution in [0.2, 0.25) is 0 Å². The molecule has 2 aliphatic heterocycles. The molecule has 47 heavy (non-hydrogen) atoms. The molecular weight excluding hydrogens is 600 g/mol. The van der Waals surface area contributed by atoms with Crippen LogP contribution in [0.1, 0.15) is 45.7 Å². The first kappa shape index (κ1) is 31.5. The number of carbonyl (C=O) groups excluding carboxylic acids is 2. The van der Waals surface area contributed by atoms with Crippen molar-refractivity contribution in [1.29, 1.82) is 0 Å². The molecule has 0 saturated carbocycles. The Hall–Kier alpha value is -5.45. The minimum absolute atomic E-state index is 0.0202. The fourth-order valence-electron chi connectivity index (χ4n) is 6.56. The first-order valence-corrected chi connectivity index (χ1v) is 15.6. The number of aromatic nitrogens is 1. The second-order valence-corrected chi connectivity index (χ2v) is 11.6. The lowest BCUT2D eigenvalue weighted by Crippen LogP contribution is -2.47. The Balaban J connectivity index is 1.33. The standard InChI is InChI=1S/C36H38N4O7/c1-5-47-27-12-10-26(11-13-27)37-35(42)23-9-14-30(39-19-22-15-25(21-39)29-7-6-8-33(41)40(29)20-22)28(16-23)38-36(43)24-17-31(44-2)34(46-4)32(18-24)45-3/h6-14,16-18,22,25H,5,15,19-21H2,1-4H3,(H,37,42)(H,38,43). The van der Waals surface area contributed by atoms with Crippen LogP contribution in [0.15, 0.2) is 77.6 Å². The van der Waals surface area contributed by atoms with Crippen LogP contribution in [0.5, 0.6) is 23.0 Å². The number of fused-ring (bicyclic) bond motifs is 4. The van der Waals surface area contributed by atoms with Gasteiger partial charge in [-0.3, -0.25) is 14.4 Å². The predicted molar refractivity (Wildman–Crippen MR) is 180 cm³/mol. The SMILES string of the molecule is CCOc1ccc(NC(=O)c2ccc(N3CC4CC(C3)c3cccc(=O)n3C4)c(NC(=O)c3cc(OC)c(OC)c(OC)c3)c2)cc1. The summed E-state index contributed by atoms with van der Waals surface area (Å²) in [5.74, 6) is 1.44. The number of hydrogen-bond donors (Lipinski definition) is 2. The van der Waals surface area contributed by atoms with Crippen molar-refractivity contribution >= 4 is 28.9 Å². The fourth-order valence-corrected chi connectivity index (χ4v) is 6.56. The summed E-state index contributed by atoms with van der Waals surface area (Å²) < 4.78 is 23.8. The van der Waals surface area contributed by atoms with Crippen LogP contribution in [-0.4, -0.2) is 57.4 Å². The summed E-state index contributed by atoms with van der Waals surface area (Å²) >= 11 is 0. The van der Waals surface area contributed by atoms with Gasteiger partial charge in [-0.25, -0.2) is 0 Å². The van der Waals surface area contributed by atoms with Gasteiger partial charge in [0.2, 0.25) is 5.75 Å². The van der Waals surface area contributed by atoms with Gasteiger partial charge in [0.05, 0.1) is 39.3 Å². The number of pyridine rings is 1. The molecule has 11 heteroatoms. The van der Waals surface area contributed by atoms with E-state index in [0.29, 0.717) is 71.7 Å². The Morgan fingerprint density at radius 3 is 2.21 bits per heavy atom. The molecular formula is C36H38N4O7. The molecule has 1 aromatic heterocycles. The van der Waals surface area contributed by atoms with Crippen molar-refractivity contribution in [2.45, 2.75) is 25.8 Å². The molecule has 0 radical (unpaired) electrons. The van der Waals surface area contributed by atoms with Crippen molar-refractivity contribution < 1.29 is 28.5 Å². The molecule has 2 aliphatic rings. The number of anilines is 3. The van der Waals surface area contributed by atoms with Crippen molar-refractivity contribution in [2.24, 2.45) is 5.92 Å². The Morgan fingerprint density at radius 1 is 0.809 bits per heavy atom. The summed E-state index contributed by atoms with van der Waals surface area (Å²) in [7, 11) is 4.48. The van der Waals surface area contributed by atoms with Crippen molar-refractivity contribution in [2.75, 3.05) is 56.6 Å². The molecule has 1 saturated heterocycles. The number of amides is 2. The number of nitrogens with one attached hydrogen (secondary N) is 2. The van der Waals surface area contributed by atoms with Gasteiger partial charge >= 0.3 is 0 Å². The molecule has 0 aliphatic carbocycles. The van der Waals surface area contributed by atoms with E-state index >= 15 is 0 Å². The summed E-state index contributed by atoms with van der Waals surface area (Å²) in [4.78, 5) is 42.1. The van der Waals surface area contributed by atoms with Gasteiger partial charge in [0.1, 0.15) is 5.75 Å². The van der Waals surface area contributed by atoms with E-state index in [2.05, 4.69) is 15.5 Å². The minimum atomic E-state index is -0.413. The monoisotopic (exact) mass is 638 g/mol. The minimum Gasteiger partial charge on any atom is -0.494 e. The maximum Gasteiger partial charge on any atom is 0.255 e. The zero-order valence-electron chi connectivity index (χ0n) is 26.9. The van der Waals surface area contributed by atoms with Crippen LogP contribution in [0.4, 0.5) is 17.1 Å². The highest BCUT2D eigenvalue weighted by molar-refractivity contribution is 6.09. The summed E-state index contributed by atoms with van der Waals surface area (Å²) in [5.41, 5.74) is 3.58. The van der Waals surface area contributed by atoms with Gasteiger partial charge in [0.25, 0.3) is 17.4 Å². The fraction of sp³-hybridized carbons (Fsp3) is 0.306. The molecule has 2 N–H and O–H groups in total. The largest absolute Gasteiger partial charge is 0.494 e. The number of methoxy groups -OCH3 is 3. The van der Waals surface area contributed by atoms with E-state index < -0.39 is 5.91 Å². The second-order valence-electron chi connectivity index (χ2n) is 11.6. The zero-order chi connectivity index (χ0) is 33.1. The number of rotatable bonds is 10. The third-order valence-electron chi connectivity index (χ3n) is 8.68. The number of benzene rings is 3. The molecule has 3 heterocycles. The Morgan fingerprint density at radius 2 is 1.53 bits per heavy atom. The molecule has 2 unspecified atom stereocenters. The van der Waals surface area contributed by atoms with E-state index in [-0.39, 0.29) is 23.3 Å². The zero-order valence-corrected chi connectivity index (χ0v) is 26.9. The summed E-state index contributed by atoms with van der Waals surface area (Å²) in [6, 6.07) is 21.1. The molecule has 2 amide bonds. The lowest BCUT2D eigenvalue weighted by molar-refractivity contribution is 0.101. The average Bonchev–Trinajstić information content (AvgIpc) is 3.08. The van der Waals surface area contributed by atoms with Crippen LogP contribution in [0.3, 0.4) is 0 Å². The number of nitrogens with zero attached hydrogens (tertiary/aromatic N) is 2. The number of hydrogen-bond acceptors (Lipinski definition) is 8. The highest BCUT2D eigenvalue weighted by Crippen LogP contribution is 2.41. The molecule has 3 aromatic carbocycles. The summed E-state index contributed by atoms with van der Waals surface area (Å²) in [6.07, 6.45) is 0.982. The normalized spacial score (nSPS) is 16.5. The molecule has 2 atom stereocenters. The summed E-state index contributed by atoms with van der Waals surface area (Å²) in [6.45, 7) is 4.45. The van der Waals surface area contributed by atoms with Gasteiger partial charge in [-0.05, 0) is 79.9 Å². The maximum absolute atomic E-state index is 13.8. The van der Waals surface area contributed by atoms with Crippen LogP contribution in [0, 0.1) is 5.92 Å². The maximum atomic E-state index is 13.8. The molecule has 4 aromatic rings. The third-order valence-corrected chi connectivity index (χ3v) is 8.68. The number of piperidine rings is 1. The summed E-state index contributed by atoms with van der Waals surface area (Å²) in [5, 5.41) is 5.98. The quantitative estimate of drug-likeness (QED) is 0.237.